The molecule has 5 heterocycles. The standard InChI is InChI=1S/C43H47N7O10S/c51-28-9-12-32-34(20-28)59-35-21-29(52)10-13-33(35)43(32)31-11-8-26(19-30(31)42(57)60-43)46-39(55)7-3-6-37(53)44-14-16-58-17-15-50-23-27(48-49-50)22-45-38(54)5-2-1-4-36-41-25(24-61-36)18-40(56)47-41/h8-13,19-21,23,25,36,41,51-52H,1-7,14-18,22,24H2,(H,44,53)(H,45,54)(H,46,55)(H,47,56). The van der Waals surface area contributed by atoms with Crippen LogP contribution in [0.15, 0.2) is 60.8 Å². The Labute approximate surface area is 355 Å². The summed E-state index contributed by atoms with van der Waals surface area (Å²) in [6.45, 7) is 1.67. The van der Waals surface area contributed by atoms with Crippen molar-refractivity contribution in [1.29, 1.82) is 0 Å². The van der Waals surface area contributed by atoms with Crippen molar-refractivity contribution in [2.45, 2.75) is 81.3 Å². The highest BCUT2D eigenvalue weighted by Gasteiger charge is 2.53. The summed E-state index contributed by atoms with van der Waals surface area (Å²) in [5.74, 6) is 0.906. The van der Waals surface area contributed by atoms with E-state index < -0.39 is 11.6 Å². The zero-order valence-electron chi connectivity index (χ0n) is 33.3. The number of amides is 4. The van der Waals surface area contributed by atoms with Crippen LogP contribution in [0.2, 0.25) is 0 Å². The van der Waals surface area contributed by atoms with E-state index in [9.17, 15) is 34.2 Å². The highest BCUT2D eigenvalue weighted by Crippen LogP contribution is 2.57. The number of esters is 1. The van der Waals surface area contributed by atoms with Gasteiger partial charge >= 0.3 is 5.97 Å². The van der Waals surface area contributed by atoms with Crippen LogP contribution in [0.4, 0.5) is 5.69 Å². The largest absolute Gasteiger partial charge is 0.508 e. The molecule has 6 N–H and O–H groups in total. The zero-order valence-corrected chi connectivity index (χ0v) is 34.1. The van der Waals surface area contributed by atoms with Gasteiger partial charge in [0.1, 0.15) is 28.7 Å². The molecule has 18 heteroatoms. The maximum absolute atomic E-state index is 13.4. The molecule has 8 rings (SSSR count). The average molecular weight is 854 g/mol. The van der Waals surface area contributed by atoms with Gasteiger partial charge in [-0.15, -0.1) is 5.10 Å². The van der Waals surface area contributed by atoms with Crippen LogP contribution in [0.1, 0.15) is 84.1 Å². The Kier molecular flexibility index (Phi) is 12.4. The molecule has 4 amide bonds. The smallest absolute Gasteiger partial charge is 0.340 e. The summed E-state index contributed by atoms with van der Waals surface area (Å²) in [6.07, 6.45) is 6.10. The van der Waals surface area contributed by atoms with Crippen molar-refractivity contribution in [1.82, 2.24) is 30.9 Å². The number of carbonyl (C=O) groups excluding carboxylic acids is 5. The van der Waals surface area contributed by atoms with Gasteiger partial charge in [0.2, 0.25) is 23.6 Å². The van der Waals surface area contributed by atoms with Crippen LogP contribution in [-0.2, 0) is 47.3 Å². The van der Waals surface area contributed by atoms with E-state index >= 15 is 0 Å². The molecule has 0 saturated carbocycles. The summed E-state index contributed by atoms with van der Waals surface area (Å²) in [4.78, 5) is 62.6. The van der Waals surface area contributed by atoms with E-state index in [1.807, 2.05) is 11.8 Å². The van der Waals surface area contributed by atoms with Crippen molar-refractivity contribution in [3.8, 4) is 23.0 Å². The normalized spacial score (nSPS) is 18.9. The summed E-state index contributed by atoms with van der Waals surface area (Å²) in [5, 5.41) is 40.5. The summed E-state index contributed by atoms with van der Waals surface area (Å²) in [6, 6.07) is 14.2. The van der Waals surface area contributed by atoms with Gasteiger partial charge < -0.3 is 45.7 Å². The van der Waals surface area contributed by atoms with Gasteiger partial charge in [-0.1, -0.05) is 17.7 Å². The van der Waals surface area contributed by atoms with E-state index in [-0.39, 0.29) is 84.2 Å². The number of phenols is 2. The van der Waals surface area contributed by atoms with Crippen LogP contribution < -0.4 is 26.0 Å². The fourth-order valence-corrected chi connectivity index (χ4v) is 10.0. The highest BCUT2D eigenvalue weighted by molar-refractivity contribution is 8.00. The Morgan fingerprint density at radius 3 is 2.39 bits per heavy atom. The number of fused-ring (bicyclic) bond motifs is 7. The molecule has 2 fully saturated rings. The number of hydrogen-bond acceptors (Lipinski definition) is 13. The summed E-state index contributed by atoms with van der Waals surface area (Å²) in [5.41, 5.74) is 1.37. The lowest BCUT2D eigenvalue weighted by Crippen LogP contribution is -2.34. The second kappa shape index (κ2) is 18.2. The van der Waals surface area contributed by atoms with Gasteiger partial charge in [0, 0.05) is 78.0 Å². The maximum atomic E-state index is 13.4. The van der Waals surface area contributed by atoms with Crippen LogP contribution >= 0.6 is 11.8 Å². The number of hydrogen-bond donors (Lipinski definition) is 6. The molecule has 1 aromatic heterocycles. The van der Waals surface area contributed by atoms with Gasteiger partial charge in [-0.25, -0.2) is 9.48 Å². The number of anilines is 1. The number of thioether (sulfide) groups is 1. The minimum atomic E-state index is -1.40. The minimum Gasteiger partial charge on any atom is -0.508 e. The van der Waals surface area contributed by atoms with E-state index in [1.54, 1.807) is 41.2 Å². The second-order valence-corrected chi connectivity index (χ2v) is 16.9. The Bertz CT molecular complexity index is 2280. The lowest BCUT2D eigenvalue weighted by atomic mass is 9.77. The van der Waals surface area contributed by atoms with Crippen molar-refractivity contribution in [2.24, 2.45) is 5.92 Å². The third kappa shape index (κ3) is 9.29. The predicted molar refractivity (Wildman–Crippen MR) is 221 cm³/mol. The Morgan fingerprint density at radius 1 is 0.885 bits per heavy atom. The Morgan fingerprint density at radius 2 is 1.61 bits per heavy atom. The molecule has 3 atom stereocenters. The van der Waals surface area contributed by atoms with Gasteiger partial charge in [0.25, 0.3) is 0 Å². The fourth-order valence-electron chi connectivity index (χ4n) is 8.37. The van der Waals surface area contributed by atoms with E-state index in [0.717, 1.165) is 25.0 Å². The molecule has 2 saturated heterocycles. The zero-order chi connectivity index (χ0) is 42.5. The highest BCUT2D eigenvalue weighted by atomic mass is 32.2. The SMILES string of the molecule is O=C(CCCC(=O)Nc1ccc2c(c1)C(=O)OC21c2ccc(O)cc2Oc2cc(O)ccc21)NCCOCCn1cc(CNC(=O)CCCCC2SCC3CC(=O)NC32)nn1. The molecule has 1 spiro atoms. The molecule has 0 aliphatic carbocycles. The number of phenolic OH excluding ortho intramolecular Hbond substituents is 2. The van der Waals surface area contributed by atoms with Gasteiger partial charge in [-0.2, -0.15) is 11.8 Å². The number of rotatable bonds is 18. The molecule has 17 nitrogen and oxygen atoms in total. The van der Waals surface area contributed by atoms with E-state index in [4.69, 9.17) is 14.2 Å². The first-order valence-electron chi connectivity index (χ1n) is 20.5. The predicted octanol–water partition coefficient (Wildman–Crippen LogP) is 4.00. The molecule has 0 radical (unpaired) electrons. The van der Waals surface area contributed by atoms with E-state index in [2.05, 4.69) is 31.6 Å². The van der Waals surface area contributed by atoms with Crippen LogP contribution in [0, 0.1) is 5.92 Å². The van der Waals surface area contributed by atoms with Crippen molar-refractivity contribution < 1.29 is 48.4 Å². The number of aromatic nitrogens is 3. The quantitative estimate of drug-likeness (QED) is 0.0615. The van der Waals surface area contributed by atoms with Gasteiger partial charge in [-0.05, 0) is 67.3 Å². The summed E-state index contributed by atoms with van der Waals surface area (Å²) >= 11 is 1.93. The summed E-state index contributed by atoms with van der Waals surface area (Å²) in [7, 11) is 0. The molecule has 3 aromatic carbocycles. The second-order valence-electron chi connectivity index (χ2n) is 15.6. The monoisotopic (exact) mass is 853 g/mol. The van der Waals surface area contributed by atoms with Gasteiger partial charge in [0.15, 0.2) is 5.60 Å². The van der Waals surface area contributed by atoms with Gasteiger partial charge in [0.05, 0.1) is 38.1 Å². The van der Waals surface area contributed by atoms with Crippen LogP contribution in [0.5, 0.6) is 23.0 Å². The number of ether oxygens (including phenoxy) is 3. The number of carbonyl (C=O) groups is 5. The first kappa shape index (κ1) is 41.6. The molecule has 4 aliphatic rings. The molecule has 4 aliphatic heterocycles. The topological polar surface area (TPSA) is 232 Å². The lowest BCUT2D eigenvalue weighted by Gasteiger charge is -2.36. The molecular formula is C43H47N7O10S. The van der Waals surface area contributed by atoms with E-state index in [1.165, 1.54) is 24.3 Å². The molecule has 0 bridgehead atoms. The maximum Gasteiger partial charge on any atom is 0.340 e. The number of nitrogens with one attached hydrogen (secondary N) is 4. The molecular weight excluding hydrogens is 807 g/mol. The van der Waals surface area contributed by atoms with E-state index in [0.29, 0.717) is 78.2 Å². The first-order valence-corrected chi connectivity index (χ1v) is 21.5. The van der Waals surface area contributed by atoms with Crippen LogP contribution in [-0.4, -0.2) is 91.6 Å². The third-order valence-electron chi connectivity index (χ3n) is 11.3. The number of nitrogens with zero attached hydrogens (tertiary/aromatic N) is 3. The third-order valence-corrected chi connectivity index (χ3v) is 12.9. The molecule has 4 aromatic rings. The van der Waals surface area contributed by atoms with Gasteiger partial charge in [-0.3, -0.25) is 19.2 Å². The van der Waals surface area contributed by atoms with Crippen LogP contribution in [0.3, 0.4) is 0 Å². The Hall–Kier alpha value is -6.14. The lowest BCUT2D eigenvalue weighted by molar-refractivity contribution is -0.122. The fraction of sp³-hybridized carbons (Fsp3) is 0.419. The number of aromatic hydroxyl groups is 2. The van der Waals surface area contributed by atoms with Crippen molar-refractivity contribution >= 4 is 47.0 Å². The first-order chi connectivity index (χ1) is 29.5. The molecule has 61 heavy (non-hydrogen) atoms. The van der Waals surface area contributed by atoms with Crippen molar-refractivity contribution in [3.05, 3.63) is 88.7 Å². The van der Waals surface area contributed by atoms with Crippen LogP contribution in [0.25, 0.3) is 0 Å². The Balaban J connectivity index is 0.697. The van der Waals surface area contributed by atoms with Crippen molar-refractivity contribution in [3.63, 3.8) is 0 Å². The van der Waals surface area contributed by atoms with Crippen molar-refractivity contribution in [2.75, 3.05) is 30.8 Å². The molecule has 3 unspecified atom stereocenters. The average Bonchev–Trinajstić information content (AvgIpc) is 4.00. The number of unbranched alkanes of at least 4 members (excludes halogenated alkanes) is 1. The summed E-state index contributed by atoms with van der Waals surface area (Å²) < 4.78 is 19.3. The molecule has 320 valence electrons. The minimum absolute atomic E-state index is 0.0314. The number of benzene rings is 3.